The molecule has 0 fully saturated rings. The minimum Gasteiger partial charge on any atom is -0.356 e. The van der Waals surface area contributed by atoms with E-state index in [0.717, 1.165) is 33.6 Å². The average Bonchev–Trinajstić information content (AvgIpc) is 3.10. The highest BCUT2D eigenvalue weighted by atomic mass is 16.5. The molecular weight excluding hydrogens is 262 g/mol. The summed E-state index contributed by atoms with van der Waals surface area (Å²) in [6.45, 7) is 12.5. The van der Waals surface area contributed by atoms with Crippen LogP contribution in [0.25, 0.3) is 22.2 Å². The first-order valence-corrected chi connectivity index (χ1v) is 7.36. The van der Waals surface area contributed by atoms with Crippen LogP contribution < -0.4 is 0 Å². The molecule has 4 nitrogen and oxygen atoms in total. The van der Waals surface area contributed by atoms with E-state index in [9.17, 15) is 0 Å². The molecule has 0 saturated heterocycles. The van der Waals surface area contributed by atoms with Crippen molar-refractivity contribution in [1.29, 1.82) is 0 Å². The van der Waals surface area contributed by atoms with Crippen molar-refractivity contribution in [3.05, 3.63) is 35.9 Å². The molecule has 0 bridgehead atoms. The van der Waals surface area contributed by atoms with Crippen LogP contribution in [0.15, 0.2) is 29.0 Å². The van der Waals surface area contributed by atoms with Crippen molar-refractivity contribution in [2.45, 2.75) is 47.0 Å². The first-order valence-electron chi connectivity index (χ1n) is 7.36. The molecule has 2 aromatic heterocycles. The van der Waals surface area contributed by atoms with Crippen LogP contribution in [0.5, 0.6) is 0 Å². The van der Waals surface area contributed by atoms with Gasteiger partial charge in [0.15, 0.2) is 5.58 Å². The van der Waals surface area contributed by atoms with Gasteiger partial charge in [0.1, 0.15) is 5.82 Å². The second kappa shape index (κ2) is 5.72. The molecule has 4 heteroatoms. The van der Waals surface area contributed by atoms with Crippen LogP contribution in [0.1, 0.15) is 46.0 Å². The number of hydrogen-bond donors (Lipinski definition) is 1. The molecule has 2 heterocycles. The fourth-order valence-corrected chi connectivity index (χ4v) is 2.14. The summed E-state index contributed by atoms with van der Waals surface area (Å²) < 4.78 is 5.38. The minimum atomic E-state index is 0.00345. The van der Waals surface area contributed by atoms with E-state index in [1.165, 1.54) is 0 Å². The molecule has 0 aliphatic heterocycles. The number of imidazole rings is 1. The minimum absolute atomic E-state index is 0.00345. The molecule has 0 aliphatic rings. The maximum Gasteiger partial charge on any atom is 0.176 e. The van der Waals surface area contributed by atoms with Crippen LogP contribution in [0.2, 0.25) is 0 Å². The molecule has 0 spiro atoms. The van der Waals surface area contributed by atoms with Gasteiger partial charge in [-0.15, -0.1) is 0 Å². The zero-order valence-corrected chi connectivity index (χ0v) is 13.6. The van der Waals surface area contributed by atoms with E-state index in [1.54, 1.807) is 6.20 Å². The van der Waals surface area contributed by atoms with Crippen LogP contribution in [0.3, 0.4) is 0 Å². The molecule has 0 amide bonds. The third kappa shape index (κ3) is 2.84. The van der Waals surface area contributed by atoms with E-state index in [2.05, 4.69) is 48.9 Å². The van der Waals surface area contributed by atoms with Gasteiger partial charge in [-0.05, 0) is 18.6 Å². The molecule has 0 aliphatic carbocycles. The van der Waals surface area contributed by atoms with Crippen molar-refractivity contribution in [3.8, 4) is 11.3 Å². The van der Waals surface area contributed by atoms with Crippen molar-refractivity contribution < 1.29 is 4.52 Å². The standard InChI is InChI=1S/C15H17N3O.C2H6/c1-9-5-6-10(13-11(9)7-17-19-13)12-8-16-14(18-12)15(2,3)4;1-2/h5-8H,1-4H3,(H,16,18);1-2H3. The van der Waals surface area contributed by atoms with Gasteiger partial charge >= 0.3 is 0 Å². The van der Waals surface area contributed by atoms with Gasteiger partial charge in [0.25, 0.3) is 0 Å². The molecule has 0 radical (unpaired) electrons. The van der Waals surface area contributed by atoms with Crippen LogP contribution in [0, 0.1) is 6.92 Å². The first-order chi connectivity index (χ1) is 9.97. The molecule has 21 heavy (non-hydrogen) atoms. The quantitative estimate of drug-likeness (QED) is 0.695. The largest absolute Gasteiger partial charge is 0.356 e. The van der Waals surface area contributed by atoms with Gasteiger partial charge < -0.3 is 9.51 Å². The summed E-state index contributed by atoms with van der Waals surface area (Å²) in [5.74, 6) is 0.968. The Labute approximate surface area is 125 Å². The lowest BCUT2D eigenvalue weighted by Crippen LogP contribution is -2.13. The van der Waals surface area contributed by atoms with Gasteiger partial charge in [-0.2, -0.15) is 0 Å². The molecule has 1 aromatic carbocycles. The molecule has 3 aromatic rings. The first kappa shape index (κ1) is 15.3. The number of aromatic amines is 1. The summed E-state index contributed by atoms with van der Waals surface area (Å²) in [6.07, 6.45) is 3.61. The average molecular weight is 285 g/mol. The zero-order chi connectivity index (χ0) is 15.6. The SMILES string of the molecule is CC.Cc1ccc(-c2cnc(C(C)(C)C)[nH]2)c2oncc12. The number of fused-ring (bicyclic) bond motifs is 1. The lowest BCUT2D eigenvalue weighted by molar-refractivity contribution is 0.457. The Balaban J connectivity index is 0.000000774. The maximum atomic E-state index is 5.38. The number of nitrogens with one attached hydrogen (secondary N) is 1. The molecule has 3 rings (SSSR count). The highest BCUT2D eigenvalue weighted by molar-refractivity contribution is 5.92. The fourth-order valence-electron chi connectivity index (χ4n) is 2.14. The Morgan fingerprint density at radius 3 is 2.43 bits per heavy atom. The van der Waals surface area contributed by atoms with Gasteiger partial charge in [0, 0.05) is 16.4 Å². The number of H-pyrrole nitrogens is 1. The van der Waals surface area contributed by atoms with E-state index in [4.69, 9.17) is 4.52 Å². The third-order valence-corrected chi connectivity index (χ3v) is 3.32. The number of aryl methyl sites for hydroxylation is 1. The summed E-state index contributed by atoms with van der Waals surface area (Å²) in [4.78, 5) is 7.83. The van der Waals surface area contributed by atoms with Gasteiger partial charge in [0.05, 0.1) is 18.1 Å². The van der Waals surface area contributed by atoms with Crippen molar-refractivity contribution in [3.63, 3.8) is 0 Å². The van der Waals surface area contributed by atoms with Crippen LogP contribution in [0.4, 0.5) is 0 Å². The predicted octanol–water partition coefficient (Wildman–Crippen LogP) is 4.85. The lowest BCUT2D eigenvalue weighted by Gasteiger charge is -2.14. The van der Waals surface area contributed by atoms with Crippen molar-refractivity contribution >= 4 is 11.0 Å². The summed E-state index contributed by atoms with van der Waals surface area (Å²) in [5, 5.41) is 4.94. The maximum absolute atomic E-state index is 5.38. The normalized spacial score (nSPS) is 11.3. The Hall–Kier alpha value is -2.10. The van der Waals surface area contributed by atoms with E-state index in [-0.39, 0.29) is 5.41 Å². The molecule has 0 saturated carbocycles. The Bertz CT molecular complexity index is 732. The predicted molar refractivity (Wildman–Crippen MR) is 86.4 cm³/mol. The van der Waals surface area contributed by atoms with E-state index < -0.39 is 0 Å². The number of rotatable bonds is 1. The fraction of sp³-hybridized carbons (Fsp3) is 0.412. The summed E-state index contributed by atoms with van der Waals surface area (Å²) >= 11 is 0. The monoisotopic (exact) mass is 285 g/mol. The topological polar surface area (TPSA) is 54.7 Å². The van der Waals surface area contributed by atoms with Crippen molar-refractivity contribution in [2.24, 2.45) is 0 Å². The highest BCUT2D eigenvalue weighted by Gasteiger charge is 2.19. The number of hydrogen-bond acceptors (Lipinski definition) is 3. The summed E-state index contributed by atoms with van der Waals surface area (Å²) in [5.41, 5.74) is 3.94. The smallest absolute Gasteiger partial charge is 0.176 e. The Morgan fingerprint density at radius 1 is 1.10 bits per heavy atom. The van der Waals surface area contributed by atoms with Gasteiger partial charge in [-0.3, -0.25) is 0 Å². The molecule has 0 atom stereocenters. The third-order valence-electron chi connectivity index (χ3n) is 3.32. The molecule has 112 valence electrons. The van der Waals surface area contributed by atoms with Crippen molar-refractivity contribution in [1.82, 2.24) is 15.1 Å². The van der Waals surface area contributed by atoms with Crippen LogP contribution in [-0.2, 0) is 5.41 Å². The van der Waals surface area contributed by atoms with Crippen molar-refractivity contribution in [2.75, 3.05) is 0 Å². The Morgan fingerprint density at radius 2 is 1.81 bits per heavy atom. The van der Waals surface area contributed by atoms with Gasteiger partial charge in [0.2, 0.25) is 0 Å². The van der Waals surface area contributed by atoms with Gasteiger partial charge in [-0.25, -0.2) is 4.98 Å². The van der Waals surface area contributed by atoms with E-state index in [1.807, 2.05) is 26.1 Å². The van der Waals surface area contributed by atoms with Crippen LogP contribution >= 0.6 is 0 Å². The number of benzene rings is 1. The number of aromatic nitrogens is 3. The zero-order valence-electron chi connectivity index (χ0n) is 13.6. The van der Waals surface area contributed by atoms with E-state index in [0.29, 0.717) is 0 Å². The second-order valence-corrected chi connectivity index (χ2v) is 5.89. The molecule has 0 unspecified atom stereocenters. The lowest BCUT2D eigenvalue weighted by atomic mass is 9.96. The van der Waals surface area contributed by atoms with Gasteiger partial charge in [-0.1, -0.05) is 45.8 Å². The summed E-state index contributed by atoms with van der Waals surface area (Å²) in [6, 6.07) is 4.12. The van der Waals surface area contributed by atoms with E-state index >= 15 is 0 Å². The van der Waals surface area contributed by atoms with Crippen LogP contribution in [-0.4, -0.2) is 15.1 Å². The molecule has 1 N–H and O–H groups in total. The summed E-state index contributed by atoms with van der Waals surface area (Å²) in [7, 11) is 0. The highest BCUT2D eigenvalue weighted by Crippen LogP contribution is 2.30. The Kier molecular flexibility index (Phi) is 4.16. The second-order valence-electron chi connectivity index (χ2n) is 5.89. The molecular formula is C17H23N3O. The number of nitrogens with zero attached hydrogens (tertiary/aromatic N) is 2.